The van der Waals surface area contributed by atoms with E-state index in [2.05, 4.69) is 15.0 Å². The van der Waals surface area contributed by atoms with Crippen molar-refractivity contribution in [3.8, 4) is 0 Å². The van der Waals surface area contributed by atoms with Crippen LogP contribution in [0.25, 0.3) is 0 Å². The van der Waals surface area contributed by atoms with Gasteiger partial charge in [0.2, 0.25) is 17.0 Å². The molecule has 2 fully saturated rings. The van der Waals surface area contributed by atoms with Crippen molar-refractivity contribution in [3.05, 3.63) is 0 Å². The second kappa shape index (κ2) is 8.23. The standard InChI is InChI=1S/C17H29N5OS/c1-24-17-19-16(18)21(20-17)12-15(23)22(13-8-4-2-5-9-13)14-10-6-3-7-11-14/h13-14H,2-12H2,1H3,(H2,18,19,20). The second-order valence-corrected chi connectivity index (χ2v) is 7.77. The Morgan fingerprint density at radius 3 is 2.12 bits per heavy atom. The zero-order chi connectivity index (χ0) is 16.9. The Morgan fingerprint density at radius 1 is 1.12 bits per heavy atom. The molecule has 0 aliphatic heterocycles. The topological polar surface area (TPSA) is 77.0 Å². The molecule has 1 heterocycles. The zero-order valence-electron chi connectivity index (χ0n) is 14.6. The van der Waals surface area contributed by atoms with Crippen LogP contribution in [0.15, 0.2) is 5.16 Å². The average molecular weight is 352 g/mol. The number of nitrogen functional groups attached to an aromatic ring is 1. The predicted molar refractivity (Wildman–Crippen MR) is 96.8 cm³/mol. The van der Waals surface area contributed by atoms with E-state index in [9.17, 15) is 4.79 Å². The van der Waals surface area contributed by atoms with E-state index in [1.54, 1.807) is 4.68 Å². The van der Waals surface area contributed by atoms with Gasteiger partial charge in [-0.15, -0.1) is 5.10 Å². The number of nitrogens with zero attached hydrogens (tertiary/aromatic N) is 4. The lowest BCUT2D eigenvalue weighted by atomic mass is 9.88. The summed E-state index contributed by atoms with van der Waals surface area (Å²) >= 11 is 1.45. The SMILES string of the molecule is CSc1nc(N)n(CC(=O)N(C2CCCCC2)C2CCCCC2)n1. The Balaban J connectivity index is 1.75. The van der Waals surface area contributed by atoms with Gasteiger partial charge < -0.3 is 10.6 Å². The van der Waals surface area contributed by atoms with Gasteiger partial charge in [-0.05, 0) is 31.9 Å². The molecule has 24 heavy (non-hydrogen) atoms. The molecule has 0 radical (unpaired) electrons. The lowest BCUT2D eigenvalue weighted by Gasteiger charge is -2.41. The number of aromatic nitrogens is 3. The van der Waals surface area contributed by atoms with E-state index >= 15 is 0 Å². The first-order chi connectivity index (χ1) is 11.7. The molecule has 1 amide bonds. The fourth-order valence-electron chi connectivity index (χ4n) is 4.17. The summed E-state index contributed by atoms with van der Waals surface area (Å²) in [4.78, 5) is 19.5. The van der Waals surface area contributed by atoms with Crippen molar-refractivity contribution in [1.29, 1.82) is 0 Å². The predicted octanol–water partition coefficient (Wildman–Crippen LogP) is 3.08. The van der Waals surface area contributed by atoms with Crippen LogP contribution in [0.3, 0.4) is 0 Å². The number of carbonyl (C=O) groups is 1. The van der Waals surface area contributed by atoms with Gasteiger partial charge in [0.25, 0.3) is 0 Å². The quantitative estimate of drug-likeness (QED) is 0.825. The molecule has 0 saturated heterocycles. The van der Waals surface area contributed by atoms with Gasteiger partial charge in [0.1, 0.15) is 6.54 Å². The van der Waals surface area contributed by atoms with E-state index in [0.29, 0.717) is 23.2 Å². The smallest absolute Gasteiger partial charge is 0.244 e. The summed E-state index contributed by atoms with van der Waals surface area (Å²) in [5.41, 5.74) is 5.93. The summed E-state index contributed by atoms with van der Waals surface area (Å²) in [6.45, 7) is 0.215. The minimum atomic E-state index is 0.165. The number of thioether (sulfide) groups is 1. The molecular weight excluding hydrogens is 322 g/mol. The summed E-state index contributed by atoms with van der Waals surface area (Å²) in [7, 11) is 0. The van der Waals surface area contributed by atoms with Gasteiger partial charge in [0, 0.05) is 12.1 Å². The molecular formula is C17H29N5OS. The fourth-order valence-corrected chi connectivity index (χ4v) is 4.53. The van der Waals surface area contributed by atoms with Crippen LogP contribution in [0.4, 0.5) is 5.95 Å². The van der Waals surface area contributed by atoms with Crippen LogP contribution in [0.1, 0.15) is 64.2 Å². The van der Waals surface area contributed by atoms with Gasteiger partial charge in [-0.3, -0.25) is 4.79 Å². The highest BCUT2D eigenvalue weighted by atomic mass is 32.2. The number of nitrogens with two attached hydrogens (primary N) is 1. The molecule has 0 atom stereocenters. The highest BCUT2D eigenvalue weighted by Gasteiger charge is 2.32. The van der Waals surface area contributed by atoms with Crippen LogP contribution in [-0.4, -0.2) is 43.9 Å². The largest absolute Gasteiger partial charge is 0.368 e. The van der Waals surface area contributed by atoms with Crippen molar-refractivity contribution < 1.29 is 4.79 Å². The van der Waals surface area contributed by atoms with Crippen molar-refractivity contribution in [2.24, 2.45) is 0 Å². The third-order valence-corrected chi connectivity index (χ3v) is 5.91. The number of anilines is 1. The summed E-state index contributed by atoms with van der Waals surface area (Å²) in [6, 6.07) is 0.804. The van der Waals surface area contributed by atoms with Crippen molar-refractivity contribution in [3.63, 3.8) is 0 Å². The Hall–Kier alpha value is -1.24. The Labute approximate surface area is 148 Å². The van der Waals surface area contributed by atoms with Crippen LogP contribution in [0.2, 0.25) is 0 Å². The van der Waals surface area contributed by atoms with E-state index in [-0.39, 0.29) is 12.5 Å². The molecule has 3 rings (SSSR count). The maximum atomic E-state index is 13.1. The zero-order valence-corrected chi connectivity index (χ0v) is 15.4. The van der Waals surface area contributed by atoms with Gasteiger partial charge in [-0.25, -0.2) is 4.68 Å². The first-order valence-corrected chi connectivity index (χ1v) is 10.5. The molecule has 1 aromatic heterocycles. The second-order valence-electron chi connectivity index (χ2n) is 7.00. The van der Waals surface area contributed by atoms with Crippen LogP contribution in [0.5, 0.6) is 0 Å². The summed E-state index contributed by atoms with van der Waals surface area (Å²) in [5, 5.41) is 4.96. The van der Waals surface area contributed by atoms with Gasteiger partial charge >= 0.3 is 0 Å². The minimum absolute atomic E-state index is 0.165. The van der Waals surface area contributed by atoms with E-state index in [0.717, 1.165) is 25.7 Å². The molecule has 0 aromatic carbocycles. The normalized spacial score (nSPS) is 20.2. The molecule has 2 aliphatic carbocycles. The first-order valence-electron chi connectivity index (χ1n) is 9.24. The lowest BCUT2D eigenvalue weighted by Crippen LogP contribution is -2.50. The molecule has 0 spiro atoms. The van der Waals surface area contributed by atoms with Crippen molar-refractivity contribution in [2.45, 2.75) is 88.0 Å². The summed E-state index contributed by atoms with van der Waals surface area (Å²) in [5.74, 6) is 0.498. The van der Waals surface area contributed by atoms with Gasteiger partial charge in [0.15, 0.2) is 0 Å². The number of carbonyl (C=O) groups excluding carboxylic acids is 1. The van der Waals surface area contributed by atoms with Crippen molar-refractivity contribution in [1.82, 2.24) is 19.7 Å². The molecule has 0 unspecified atom stereocenters. The maximum absolute atomic E-state index is 13.1. The van der Waals surface area contributed by atoms with Gasteiger partial charge in [-0.2, -0.15) is 4.98 Å². The third kappa shape index (κ3) is 4.05. The van der Waals surface area contributed by atoms with Crippen LogP contribution < -0.4 is 5.73 Å². The molecule has 2 aliphatic rings. The van der Waals surface area contributed by atoms with Crippen molar-refractivity contribution >= 4 is 23.6 Å². The summed E-state index contributed by atoms with van der Waals surface area (Å²) in [6.07, 6.45) is 14.1. The van der Waals surface area contributed by atoms with Crippen LogP contribution in [0, 0.1) is 0 Å². The van der Waals surface area contributed by atoms with E-state index in [1.807, 2.05) is 6.26 Å². The molecule has 134 valence electrons. The molecule has 2 N–H and O–H groups in total. The third-order valence-electron chi connectivity index (χ3n) is 5.37. The van der Waals surface area contributed by atoms with Gasteiger partial charge in [0.05, 0.1) is 0 Å². The highest BCUT2D eigenvalue weighted by molar-refractivity contribution is 7.98. The number of hydrogen-bond acceptors (Lipinski definition) is 5. The maximum Gasteiger partial charge on any atom is 0.244 e. The molecule has 7 heteroatoms. The number of rotatable bonds is 5. The summed E-state index contributed by atoms with van der Waals surface area (Å²) < 4.78 is 1.56. The molecule has 0 bridgehead atoms. The molecule has 6 nitrogen and oxygen atoms in total. The Bertz CT molecular complexity index is 531. The molecule has 1 aromatic rings. The van der Waals surface area contributed by atoms with Crippen molar-refractivity contribution in [2.75, 3.05) is 12.0 Å². The van der Waals surface area contributed by atoms with E-state index < -0.39 is 0 Å². The Morgan fingerprint density at radius 2 is 1.67 bits per heavy atom. The molecule has 2 saturated carbocycles. The number of hydrogen-bond donors (Lipinski definition) is 1. The first kappa shape index (κ1) is 17.6. The van der Waals surface area contributed by atoms with E-state index in [1.165, 1.54) is 50.3 Å². The van der Waals surface area contributed by atoms with Crippen LogP contribution >= 0.6 is 11.8 Å². The minimum Gasteiger partial charge on any atom is -0.368 e. The van der Waals surface area contributed by atoms with Gasteiger partial charge in [-0.1, -0.05) is 50.3 Å². The Kier molecular flexibility index (Phi) is 6.03. The van der Waals surface area contributed by atoms with Crippen LogP contribution in [-0.2, 0) is 11.3 Å². The lowest BCUT2D eigenvalue weighted by molar-refractivity contribution is -0.138. The number of amides is 1. The average Bonchev–Trinajstić information content (AvgIpc) is 2.97. The monoisotopic (exact) mass is 351 g/mol. The fraction of sp³-hybridized carbons (Fsp3) is 0.824. The van der Waals surface area contributed by atoms with E-state index in [4.69, 9.17) is 5.73 Å². The highest BCUT2D eigenvalue weighted by Crippen LogP contribution is 2.30.